The van der Waals surface area contributed by atoms with E-state index in [2.05, 4.69) is 45.5 Å². The van der Waals surface area contributed by atoms with Crippen molar-refractivity contribution in [2.24, 2.45) is 112 Å². The van der Waals surface area contributed by atoms with Crippen LogP contribution in [0.5, 0.6) is 0 Å². The van der Waals surface area contributed by atoms with E-state index in [1.807, 2.05) is 0 Å². The van der Waals surface area contributed by atoms with Crippen molar-refractivity contribution in [2.75, 3.05) is 0 Å². The molecule has 1 N–H and O–H groups in total. The molecule has 0 aromatic carbocycles. The van der Waals surface area contributed by atoms with Crippen LogP contribution in [0.25, 0.3) is 4.85 Å². The Kier molecular flexibility index (Phi) is 15.9. The molecule has 14 aliphatic rings. The maximum atomic E-state index is 11.2. The van der Waals surface area contributed by atoms with Crippen molar-refractivity contribution in [1.29, 1.82) is 5.26 Å². The Bertz CT molecular complexity index is 2350. The van der Waals surface area contributed by atoms with Gasteiger partial charge in [-0.15, -0.1) is 0 Å². The van der Waals surface area contributed by atoms with Gasteiger partial charge in [0.25, 0.3) is 0 Å². The highest BCUT2D eigenvalue weighted by Crippen LogP contribution is 2.67. The summed E-state index contributed by atoms with van der Waals surface area (Å²) < 4.78 is 27.9. The van der Waals surface area contributed by atoms with Crippen molar-refractivity contribution >= 4 is 29.8 Å². The number of hydrogen-bond acceptors (Lipinski definition) is 12. The van der Waals surface area contributed by atoms with Crippen LogP contribution in [0.2, 0.25) is 0 Å². The largest absolute Gasteiger partial charge is 0.459 e. The van der Waals surface area contributed by atoms with Gasteiger partial charge in [-0.05, 0) is 221 Å². The van der Waals surface area contributed by atoms with Gasteiger partial charge >= 0.3 is 29.8 Å². The van der Waals surface area contributed by atoms with Gasteiger partial charge in [-0.3, -0.25) is 24.0 Å². The van der Waals surface area contributed by atoms with Gasteiger partial charge in [0.05, 0.1) is 12.2 Å². The number of hydrogen-bond donors (Lipinski definition) is 1. The average Bonchev–Trinajstić information content (AvgIpc) is 4.39. The monoisotopic (exact) mass is 1080 g/mol. The first kappa shape index (κ1) is 57.5. The molecule has 13 nitrogen and oxygen atoms in total. The molecule has 14 rings (SSSR count). The van der Waals surface area contributed by atoms with Gasteiger partial charge in [0.1, 0.15) is 28.0 Å². The molecule has 14 fully saturated rings. The predicted octanol–water partition coefficient (Wildman–Crippen LogP) is 12.7. The summed E-state index contributed by atoms with van der Waals surface area (Å²) in [5.74, 6) is 12.2. The van der Waals surface area contributed by atoms with Crippen molar-refractivity contribution in [2.45, 2.75) is 251 Å². The number of rotatable bonds is 6. The van der Waals surface area contributed by atoms with Crippen LogP contribution in [0.15, 0.2) is 0 Å². The number of nitriles is 1. The third-order valence-electron chi connectivity index (χ3n) is 24.9. The van der Waals surface area contributed by atoms with Crippen molar-refractivity contribution in [3.8, 4) is 6.07 Å². The summed E-state index contributed by atoms with van der Waals surface area (Å²) in [4.78, 5) is 59.5. The van der Waals surface area contributed by atoms with E-state index >= 15 is 0 Å². The molecule has 78 heavy (non-hydrogen) atoms. The minimum absolute atomic E-state index is 0. The van der Waals surface area contributed by atoms with Crippen LogP contribution < -0.4 is 0 Å². The first-order chi connectivity index (χ1) is 36.8. The Labute approximate surface area is 469 Å². The Morgan fingerprint density at radius 3 is 1.23 bits per heavy atom. The van der Waals surface area contributed by atoms with E-state index in [0.29, 0.717) is 65.1 Å². The van der Waals surface area contributed by atoms with Gasteiger partial charge in [0.2, 0.25) is 6.04 Å². The minimum Gasteiger partial charge on any atom is -0.459 e. The fourth-order valence-electron chi connectivity index (χ4n) is 22.9. The van der Waals surface area contributed by atoms with Crippen molar-refractivity contribution in [3.63, 3.8) is 0 Å². The van der Waals surface area contributed by atoms with E-state index in [1.165, 1.54) is 85.0 Å². The standard InChI is InChI=1S/C14H19NO2.C13H20O3.2C13H20O2.C12H17NO2.2H2/c1-8(16)17-14(2)6-10-5-13(14)12-4-9(7-15)3-11(10)12;1-7(14)16-13(2)6-8-3-12(13)11-5-9(15)4-10(8)11;2*1-8(14)15-13(2)7-9-6-12(13)11-5-3-4-10(9)11;1-4-12(15-8(2)14)7-9-5-10(12)6-11(9)13-3;;/h9-13H,3-6H2,1-2H3;8-12,15H,3-6H2,1-2H3;2*9-12H,3-7H2,1-2H3;9-11H,4-7H2,1-2H3;2*1H. The second-order valence-corrected chi connectivity index (χ2v) is 29.3. The lowest BCUT2D eigenvalue weighted by Gasteiger charge is -2.39. The molecule has 0 saturated heterocycles. The molecule has 14 saturated carbocycles. The lowest BCUT2D eigenvalue weighted by Crippen LogP contribution is -2.42. The summed E-state index contributed by atoms with van der Waals surface area (Å²) in [6.45, 7) is 25.2. The van der Waals surface area contributed by atoms with Crippen molar-refractivity contribution < 1.29 is 55.6 Å². The zero-order valence-electron chi connectivity index (χ0n) is 49.1. The third-order valence-corrected chi connectivity index (χ3v) is 24.9. The smallest absolute Gasteiger partial charge is 0.303 e. The summed E-state index contributed by atoms with van der Waals surface area (Å²) in [6, 6.07) is 2.61. The van der Waals surface area contributed by atoms with Crippen LogP contribution >= 0.6 is 0 Å². The summed E-state index contributed by atoms with van der Waals surface area (Å²) >= 11 is 0. The van der Waals surface area contributed by atoms with E-state index in [1.54, 1.807) is 13.8 Å². The molecule has 26 atom stereocenters. The fourth-order valence-corrected chi connectivity index (χ4v) is 22.9. The van der Waals surface area contributed by atoms with Gasteiger partial charge in [0, 0.05) is 85.3 Å². The molecule has 10 bridgehead atoms. The topological polar surface area (TPSA) is 180 Å². The van der Waals surface area contributed by atoms with Gasteiger partial charge in [-0.1, -0.05) is 19.8 Å². The minimum atomic E-state index is -0.248. The molecule has 14 aliphatic carbocycles. The van der Waals surface area contributed by atoms with E-state index < -0.39 is 0 Å². The molecule has 0 heterocycles. The molecule has 436 valence electrons. The number of ether oxygens (including phenoxy) is 5. The third kappa shape index (κ3) is 10.5. The molecule has 0 spiro atoms. The SMILES string of the molecule is CC(=O)OC1(C)CC2CC1C1CC(C#N)CC21.CC(=O)OC1(C)CC2CC1C1CC(O)CC21.CC(=O)OC1(C)CC2CC1C1CCCC21.CC(=O)OC1(C)CC2CC1C1CCCC21.[C-]#[N+]C1CC2CC1CC2(CC)OC(C)=O.[HH].[HH]. The van der Waals surface area contributed by atoms with Gasteiger partial charge in [-0.25, -0.2) is 6.57 Å². The van der Waals surface area contributed by atoms with E-state index in [-0.39, 0.29) is 78.8 Å². The van der Waals surface area contributed by atoms with Crippen LogP contribution in [0, 0.1) is 130 Å². The molecule has 0 radical (unpaired) electrons. The number of fused-ring (bicyclic) bond motifs is 22. The van der Waals surface area contributed by atoms with Crippen LogP contribution in [0.3, 0.4) is 0 Å². The molecule has 0 aromatic heterocycles. The van der Waals surface area contributed by atoms with E-state index in [0.717, 1.165) is 118 Å². The molecular weight excluding hydrogens is 985 g/mol. The Hall–Kier alpha value is -3.71. The van der Waals surface area contributed by atoms with Gasteiger partial charge < -0.3 is 33.6 Å². The number of aliphatic hydroxyl groups is 1. The number of nitrogens with zero attached hydrogens (tertiary/aromatic N) is 2. The first-order valence-electron chi connectivity index (χ1n) is 31.3. The lowest BCUT2D eigenvalue weighted by molar-refractivity contribution is -0.165. The Morgan fingerprint density at radius 1 is 0.500 bits per heavy atom. The van der Waals surface area contributed by atoms with Crippen molar-refractivity contribution in [1.82, 2.24) is 0 Å². The van der Waals surface area contributed by atoms with E-state index in [9.17, 15) is 29.1 Å². The van der Waals surface area contributed by atoms with Crippen LogP contribution in [-0.2, 0) is 47.7 Å². The number of carbonyl (C=O) groups excluding carboxylic acids is 5. The highest BCUT2D eigenvalue weighted by Gasteiger charge is 2.65. The number of aliphatic hydroxyl groups excluding tert-OH is 1. The molecule has 13 heteroatoms. The zero-order valence-corrected chi connectivity index (χ0v) is 49.1. The normalized spacial score (nSPS) is 50.3. The second kappa shape index (κ2) is 21.6. The molecule has 0 aliphatic heterocycles. The van der Waals surface area contributed by atoms with Gasteiger partial charge in [-0.2, -0.15) is 5.26 Å². The zero-order chi connectivity index (χ0) is 56.0. The van der Waals surface area contributed by atoms with Gasteiger partial charge in [0.15, 0.2) is 0 Å². The lowest BCUT2D eigenvalue weighted by atomic mass is 9.73. The maximum absolute atomic E-state index is 11.2. The number of esters is 5. The quantitative estimate of drug-likeness (QED) is 0.151. The summed E-state index contributed by atoms with van der Waals surface area (Å²) in [6.07, 6.45) is 25.4. The summed E-state index contributed by atoms with van der Waals surface area (Å²) in [5.41, 5.74) is -0.981. The summed E-state index contributed by atoms with van der Waals surface area (Å²) in [5, 5.41) is 18.8. The molecular formula is C65H100N2O11. The fraction of sp³-hybridized carbons (Fsp3) is 0.892. The number of carbonyl (C=O) groups is 5. The molecule has 0 amide bonds. The Morgan fingerprint density at radius 2 is 0.859 bits per heavy atom. The predicted molar refractivity (Wildman–Crippen MR) is 295 cm³/mol. The maximum Gasteiger partial charge on any atom is 0.303 e. The van der Waals surface area contributed by atoms with Crippen LogP contribution in [-0.4, -0.2) is 75.1 Å². The second-order valence-electron chi connectivity index (χ2n) is 29.3. The average molecular weight is 1090 g/mol. The highest BCUT2D eigenvalue weighted by atomic mass is 16.6. The highest BCUT2D eigenvalue weighted by molar-refractivity contribution is 5.68. The van der Waals surface area contributed by atoms with Crippen LogP contribution in [0.4, 0.5) is 0 Å². The molecule has 26 unspecified atom stereocenters. The first-order valence-corrected chi connectivity index (χ1v) is 31.3. The van der Waals surface area contributed by atoms with Crippen molar-refractivity contribution in [3.05, 3.63) is 11.4 Å². The molecule has 0 aromatic rings. The summed E-state index contributed by atoms with van der Waals surface area (Å²) in [7, 11) is 0. The van der Waals surface area contributed by atoms with E-state index in [4.69, 9.17) is 35.5 Å². The van der Waals surface area contributed by atoms with Crippen LogP contribution in [0.1, 0.15) is 213 Å². The Balaban J connectivity index is 0.000000131.